The number of rotatable bonds is 5. The first-order valence-electron chi connectivity index (χ1n) is 4.43. The molecule has 0 spiro atoms. The lowest BCUT2D eigenvalue weighted by molar-refractivity contribution is 0.625. The molecule has 1 aromatic carbocycles. The second-order valence-corrected chi connectivity index (χ2v) is 4.64. The highest BCUT2D eigenvalue weighted by molar-refractivity contribution is 7.84. The van der Waals surface area contributed by atoms with E-state index >= 15 is 0 Å². The molecule has 1 N–H and O–H groups in total. The van der Waals surface area contributed by atoms with E-state index in [1.807, 2.05) is 0 Å². The molecule has 1 aromatic rings. The second-order valence-electron chi connectivity index (χ2n) is 3.08. The number of hydrogen-bond acceptors (Lipinski definition) is 2. The van der Waals surface area contributed by atoms with Crippen molar-refractivity contribution in [2.45, 2.75) is 6.54 Å². The normalized spacial score (nSPS) is 12.7. The van der Waals surface area contributed by atoms with Gasteiger partial charge in [0.1, 0.15) is 5.82 Å². The van der Waals surface area contributed by atoms with Crippen molar-refractivity contribution in [2.24, 2.45) is 0 Å². The fraction of sp³-hybridized carbons (Fsp3) is 0.400. The van der Waals surface area contributed by atoms with Crippen molar-refractivity contribution in [3.05, 3.63) is 35.6 Å². The topological polar surface area (TPSA) is 29.1 Å². The SMILES string of the molecule is CS(=O)CCNCc1ccc(F)cc1. The van der Waals surface area contributed by atoms with E-state index < -0.39 is 10.8 Å². The third kappa shape index (κ3) is 4.48. The van der Waals surface area contributed by atoms with E-state index in [2.05, 4.69) is 5.32 Å². The number of nitrogens with one attached hydrogen (secondary N) is 1. The van der Waals surface area contributed by atoms with Gasteiger partial charge in [0.2, 0.25) is 0 Å². The lowest BCUT2D eigenvalue weighted by Gasteiger charge is -2.03. The van der Waals surface area contributed by atoms with Crippen molar-refractivity contribution in [3.63, 3.8) is 0 Å². The highest BCUT2D eigenvalue weighted by Gasteiger charge is 1.94. The van der Waals surface area contributed by atoms with Crippen molar-refractivity contribution in [1.82, 2.24) is 5.32 Å². The van der Waals surface area contributed by atoms with Gasteiger partial charge >= 0.3 is 0 Å². The van der Waals surface area contributed by atoms with Gasteiger partial charge in [0, 0.05) is 35.9 Å². The third-order valence-electron chi connectivity index (χ3n) is 1.81. The molecular weight excluding hydrogens is 201 g/mol. The van der Waals surface area contributed by atoms with Crippen LogP contribution in [0.3, 0.4) is 0 Å². The van der Waals surface area contributed by atoms with Crippen LogP contribution in [0.15, 0.2) is 24.3 Å². The van der Waals surface area contributed by atoms with Crippen molar-refractivity contribution in [3.8, 4) is 0 Å². The first-order chi connectivity index (χ1) is 6.68. The average molecular weight is 215 g/mol. The van der Waals surface area contributed by atoms with Gasteiger partial charge in [0.05, 0.1) is 0 Å². The summed E-state index contributed by atoms with van der Waals surface area (Å²) in [6.45, 7) is 1.41. The molecule has 1 rings (SSSR count). The highest BCUT2D eigenvalue weighted by Crippen LogP contribution is 2.01. The molecule has 0 saturated carbocycles. The van der Waals surface area contributed by atoms with E-state index in [-0.39, 0.29) is 5.82 Å². The molecule has 0 heterocycles. The van der Waals surface area contributed by atoms with Crippen molar-refractivity contribution >= 4 is 10.8 Å². The molecule has 0 saturated heterocycles. The molecular formula is C10H14FNOS. The summed E-state index contributed by atoms with van der Waals surface area (Å²) >= 11 is 0. The highest BCUT2D eigenvalue weighted by atomic mass is 32.2. The summed E-state index contributed by atoms with van der Waals surface area (Å²) in [5, 5.41) is 3.14. The Morgan fingerprint density at radius 2 is 2.00 bits per heavy atom. The molecule has 78 valence electrons. The Hall–Kier alpha value is -0.740. The predicted octanol–water partition coefficient (Wildman–Crippen LogP) is 1.29. The van der Waals surface area contributed by atoms with Crippen LogP contribution in [0.4, 0.5) is 4.39 Å². The van der Waals surface area contributed by atoms with Crippen LogP contribution >= 0.6 is 0 Å². The summed E-state index contributed by atoms with van der Waals surface area (Å²) < 4.78 is 23.2. The maximum atomic E-state index is 12.5. The van der Waals surface area contributed by atoms with Gasteiger partial charge in [-0.05, 0) is 17.7 Å². The summed E-state index contributed by atoms with van der Waals surface area (Å²) in [5.41, 5.74) is 1.04. The molecule has 0 aromatic heterocycles. The fourth-order valence-electron chi connectivity index (χ4n) is 1.05. The van der Waals surface area contributed by atoms with E-state index in [9.17, 15) is 8.60 Å². The smallest absolute Gasteiger partial charge is 0.123 e. The summed E-state index contributed by atoms with van der Waals surface area (Å²) in [5.74, 6) is 0.435. The van der Waals surface area contributed by atoms with Gasteiger partial charge in [0.15, 0.2) is 0 Å². The standard InChI is InChI=1S/C10H14FNOS/c1-14(13)7-6-12-8-9-2-4-10(11)5-3-9/h2-5,12H,6-8H2,1H3. The molecule has 14 heavy (non-hydrogen) atoms. The van der Waals surface area contributed by atoms with E-state index in [0.717, 1.165) is 12.1 Å². The Morgan fingerprint density at radius 1 is 1.36 bits per heavy atom. The zero-order chi connectivity index (χ0) is 10.4. The summed E-state index contributed by atoms with van der Waals surface area (Å²) in [4.78, 5) is 0. The molecule has 4 heteroatoms. The zero-order valence-electron chi connectivity index (χ0n) is 8.13. The maximum Gasteiger partial charge on any atom is 0.123 e. The van der Waals surface area contributed by atoms with Crippen LogP contribution in [0.5, 0.6) is 0 Å². The van der Waals surface area contributed by atoms with Crippen LogP contribution in [-0.4, -0.2) is 22.8 Å². The summed E-state index contributed by atoms with van der Waals surface area (Å²) in [6.07, 6.45) is 1.68. The van der Waals surface area contributed by atoms with Gasteiger partial charge in [-0.1, -0.05) is 12.1 Å². The third-order valence-corrected chi connectivity index (χ3v) is 2.59. The van der Waals surface area contributed by atoms with Gasteiger partial charge < -0.3 is 5.32 Å². The van der Waals surface area contributed by atoms with Gasteiger partial charge in [-0.25, -0.2) is 4.39 Å². The van der Waals surface area contributed by atoms with Crippen LogP contribution in [0.1, 0.15) is 5.56 Å². The first kappa shape index (κ1) is 11.3. The Bertz CT molecular complexity index is 299. The van der Waals surface area contributed by atoms with Crippen molar-refractivity contribution < 1.29 is 8.60 Å². The van der Waals surface area contributed by atoms with E-state index in [4.69, 9.17) is 0 Å². The number of halogens is 1. The van der Waals surface area contributed by atoms with Crippen LogP contribution in [0, 0.1) is 5.82 Å². The lowest BCUT2D eigenvalue weighted by Crippen LogP contribution is -2.19. The molecule has 0 bridgehead atoms. The zero-order valence-corrected chi connectivity index (χ0v) is 8.94. The minimum Gasteiger partial charge on any atom is -0.312 e. The molecule has 0 aliphatic heterocycles. The largest absolute Gasteiger partial charge is 0.312 e. The van der Waals surface area contributed by atoms with Gasteiger partial charge in [-0.15, -0.1) is 0 Å². The number of benzene rings is 1. The summed E-state index contributed by atoms with van der Waals surface area (Å²) in [6, 6.07) is 6.36. The number of hydrogen-bond donors (Lipinski definition) is 1. The minimum absolute atomic E-state index is 0.219. The molecule has 2 nitrogen and oxygen atoms in total. The molecule has 0 radical (unpaired) electrons. The van der Waals surface area contributed by atoms with Crippen LogP contribution < -0.4 is 5.32 Å². The van der Waals surface area contributed by atoms with Gasteiger partial charge in [-0.3, -0.25) is 4.21 Å². The van der Waals surface area contributed by atoms with Crippen molar-refractivity contribution in [1.29, 1.82) is 0 Å². The lowest BCUT2D eigenvalue weighted by atomic mass is 10.2. The van der Waals surface area contributed by atoms with Crippen LogP contribution in [0.2, 0.25) is 0 Å². The van der Waals surface area contributed by atoms with Crippen LogP contribution in [-0.2, 0) is 17.3 Å². The van der Waals surface area contributed by atoms with Crippen molar-refractivity contribution in [2.75, 3.05) is 18.6 Å². The minimum atomic E-state index is -0.750. The maximum absolute atomic E-state index is 12.5. The second kappa shape index (κ2) is 5.88. The van der Waals surface area contributed by atoms with Gasteiger partial charge in [0.25, 0.3) is 0 Å². The molecule has 0 aliphatic rings. The monoisotopic (exact) mass is 215 g/mol. The molecule has 0 amide bonds. The molecule has 1 unspecified atom stereocenters. The average Bonchev–Trinajstić information content (AvgIpc) is 2.15. The van der Waals surface area contributed by atoms with Crippen LogP contribution in [0.25, 0.3) is 0 Å². The molecule has 0 aliphatic carbocycles. The molecule has 1 atom stereocenters. The van der Waals surface area contributed by atoms with E-state index in [0.29, 0.717) is 12.3 Å². The summed E-state index contributed by atoms with van der Waals surface area (Å²) in [7, 11) is -0.750. The Labute approximate surface area is 86.0 Å². The Morgan fingerprint density at radius 3 is 2.57 bits per heavy atom. The fourth-order valence-corrected chi connectivity index (χ4v) is 1.48. The predicted molar refractivity (Wildman–Crippen MR) is 57.0 cm³/mol. The Kier molecular flexibility index (Phi) is 4.76. The van der Waals surface area contributed by atoms with E-state index in [1.54, 1.807) is 18.4 Å². The molecule has 0 fully saturated rings. The Balaban J connectivity index is 2.25. The first-order valence-corrected chi connectivity index (χ1v) is 6.16. The van der Waals surface area contributed by atoms with Gasteiger partial charge in [-0.2, -0.15) is 0 Å². The quantitative estimate of drug-likeness (QED) is 0.750. The van der Waals surface area contributed by atoms with E-state index in [1.165, 1.54) is 12.1 Å².